The standard InChI is InChI=1S/C34H36BrN3O5S/c1-4-43-30-17-19-31(20-18-30)44(41,42)38(29-15-13-25(2)14-16-29)24-33(39)37(23-27-11-8-12-28(35)21-27)32(34(40)36-3)22-26-9-6-5-7-10-26/h5-21,32H,4,22-24H2,1-3H3,(H,36,40). The van der Waals surface area contributed by atoms with Gasteiger partial charge < -0.3 is 15.0 Å². The lowest BCUT2D eigenvalue weighted by molar-refractivity contribution is -0.139. The van der Waals surface area contributed by atoms with Crippen LogP contribution in [0.5, 0.6) is 5.75 Å². The number of carbonyl (C=O) groups excluding carboxylic acids is 2. The number of amides is 2. The number of carbonyl (C=O) groups is 2. The highest BCUT2D eigenvalue weighted by atomic mass is 79.9. The van der Waals surface area contributed by atoms with Crippen LogP contribution in [0.15, 0.2) is 112 Å². The van der Waals surface area contributed by atoms with Gasteiger partial charge in [-0.15, -0.1) is 0 Å². The third-order valence-electron chi connectivity index (χ3n) is 7.08. The molecular weight excluding hydrogens is 642 g/mol. The maximum atomic E-state index is 14.4. The number of likely N-dealkylation sites (N-methyl/N-ethyl adjacent to an activating group) is 1. The fourth-order valence-electron chi connectivity index (χ4n) is 4.79. The lowest BCUT2D eigenvalue weighted by atomic mass is 10.0. The van der Waals surface area contributed by atoms with Crippen molar-refractivity contribution in [3.63, 3.8) is 0 Å². The zero-order valence-corrected chi connectivity index (χ0v) is 27.3. The Labute approximate surface area is 267 Å². The molecule has 0 heterocycles. The summed E-state index contributed by atoms with van der Waals surface area (Å²) in [6, 6.07) is 29.0. The summed E-state index contributed by atoms with van der Waals surface area (Å²) in [5.74, 6) is -0.336. The van der Waals surface area contributed by atoms with E-state index < -0.39 is 28.5 Å². The summed E-state index contributed by atoms with van der Waals surface area (Å²) in [5.41, 5.74) is 2.92. The lowest BCUT2D eigenvalue weighted by Gasteiger charge is -2.33. The second kappa shape index (κ2) is 15.0. The first-order chi connectivity index (χ1) is 21.1. The highest BCUT2D eigenvalue weighted by Crippen LogP contribution is 2.27. The SMILES string of the molecule is CCOc1ccc(S(=O)(=O)N(CC(=O)N(Cc2cccc(Br)c2)C(Cc2ccccc2)C(=O)NC)c2ccc(C)cc2)cc1. The molecule has 0 bridgehead atoms. The molecule has 1 unspecified atom stereocenters. The molecule has 0 aliphatic rings. The van der Waals surface area contributed by atoms with Crippen molar-refractivity contribution in [1.29, 1.82) is 0 Å². The quantitative estimate of drug-likeness (QED) is 0.195. The van der Waals surface area contributed by atoms with Gasteiger partial charge in [-0.1, -0.05) is 76.1 Å². The number of nitrogens with one attached hydrogen (secondary N) is 1. The number of rotatable bonds is 13. The fourth-order valence-corrected chi connectivity index (χ4v) is 6.65. The number of benzene rings is 4. The minimum absolute atomic E-state index is 0.0139. The molecule has 0 aliphatic heterocycles. The maximum absolute atomic E-state index is 14.4. The van der Waals surface area contributed by atoms with Crippen LogP contribution in [-0.4, -0.2) is 51.4 Å². The summed E-state index contributed by atoms with van der Waals surface area (Å²) in [6.07, 6.45) is 0.246. The molecule has 8 nitrogen and oxygen atoms in total. The summed E-state index contributed by atoms with van der Waals surface area (Å²) in [6.45, 7) is 3.76. The first kappa shape index (κ1) is 32.8. The lowest BCUT2D eigenvalue weighted by Crippen LogP contribution is -2.53. The van der Waals surface area contributed by atoms with E-state index >= 15 is 0 Å². The second-order valence-corrected chi connectivity index (χ2v) is 13.0. The van der Waals surface area contributed by atoms with E-state index in [0.717, 1.165) is 25.5 Å². The summed E-state index contributed by atoms with van der Waals surface area (Å²) < 4.78 is 35.7. The number of hydrogen-bond acceptors (Lipinski definition) is 5. The van der Waals surface area contributed by atoms with E-state index in [0.29, 0.717) is 18.0 Å². The van der Waals surface area contributed by atoms with E-state index in [1.807, 2.05) is 68.4 Å². The van der Waals surface area contributed by atoms with E-state index in [2.05, 4.69) is 21.2 Å². The predicted octanol–water partition coefficient (Wildman–Crippen LogP) is 5.74. The van der Waals surface area contributed by atoms with E-state index in [4.69, 9.17) is 4.74 Å². The molecule has 0 fully saturated rings. The average Bonchev–Trinajstić information content (AvgIpc) is 3.02. The van der Waals surface area contributed by atoms with Crippen LogP contribution in [0, 0.1) is 6.92 Å². The Balaban J connectivity index is 1.77. The topological polar surface area (TPSA) is 96.0 Å². The van der Waals surface area contributed by atoms with Gasteiger partial charge in [0.1, 0.15) is 18.3 Å². The Hall–Kier alpha value is -4.15. The summed E-state index contributed by atoms with van der Waals surface area (Å²) in [7, 11) is -2.67. The molecule has 4 rings (SSSR count). The number of hydrogen-bond donors (Lipinski definition) is 1. The van der Waals surface area contributed by atoms with Crippen LogP contribution in [0.25, 0.3) is 0 Å². The molecule has 44 heavy (non-hydrogen) atoms. The van der Waals surface area contributed by atoms with Crippen molar-refractivity contribution in [1.82, 2.24) is 10.2 Å². The number of sulfonamides is 1. The predicted molar refractivity (Wildman–Crippen MR) is 176 cm³/mol. The van der Waals surface area contributed by atoms with Gasteiger partial charge in [0.2, 0.25) is 11.8 Å². The van der Waals surface area contributed by atoms with E-state index in [9.17, 15) is 18.0 Å². The first-order valence-electron chi connectivity index (χ1n) is 14.2. The number of anilines is 1. The van der Waals surface area contributed by atoms with Gasteiger partial charge in [0, 0.05) is 24.5 Å². The van der Waals surface area contributed by atoms with Gasteiger partial charge >= 0.3 is 0 Å². The molecule has 0 aliphatic carbocycles. The Morgan fingerprint density at radius 2 is 1.55 bits per heavy atom. The van der Waals surface area contributed by atoms with Crippen LogP contribution in [0.3, 0.4) is 0 Å². The molecule has 0 radical (unpaired) electrons. The van der Waals surface area contributed by atoms with Crippen LogP contribution in [0.2, 0.25) is 0 Å². The summed E-state index contributed by atoms with van der Waals surface area (Å²) >= 11 is 3.49. The third kappa shape index (κ3) is 8.27. The Morgan fingerprint density at radius 3 is 2.16 bits per heavy atom. The molecule has 10 heteroatoms. The van der Waals surface area contributed by atoms with Crippen molar-refractivity contribution in [2.24, 2.45) is 0 Å². The normalized spacial score (nSPS) is 11.8. The Morgan fingerprint density at radius 1 is 0.886 bits per heavy atom. The van der Waals surface area contributed by atoms with Gasteiger partial charge in [0.25, 0.3) is 10.0 Å². The Kier molecular flexibility index (Phi) is 11.2. The molecule has 0 saturated carbocycles. The first-order valence-corrected chi connectivity index (χ1v) is 16.5. The number of halogens is 1. The molecule has 0 saturated heterocycles. The molecule has 230 valence electrons. The molecule has 4 aromatic carbocycles. The van der Waals surface area contributed by atoms with Gasteiger partial charge in [-0.05, 0) is 73.5 Å². The largest absolute Gasteiger partial charge is 0.494 e. The molecule has 2 amide bonds. The molecule has 1 atom stereocenters. The van der Waals surface area contributed by atoms with E-state index in [1.165, 1.54) is 24.1 Å². The highest BCUT2D eigenvalue weighted by Gasteiger charge is 2.34. The number of ether oxygens (including phenoxy) is 1. The van der Waals surface area contributed by atoms with Gasteiger partial charge in [-0.3, -0.25) is 13.9 Å². The fraction of sp³-hybridized carbons (Fsp3) is 0.235. The molecule has 0 aromatic heterocycles. The van der Waals surface area contributed by atoms with Crippen molar-refractivity contribution in [3.05, 3.63) is 124 Å². The second-order valence-electron chi connectivity index (χ2n) is 10.2. The van der Waals surface area contributed by atoms with Gasteiger partial charge in [0.05, 0.1) is 17.2 Å². The smallest absolute Gasteiger partial charge is 0.264 e. The number of aryl methyl sites for hydroxylation is 1. The van der Waals surface area contributed by atoms with Crippen molar-refractivity contribution >= 4 is 43.5 Å². The van der Waals surface area contributed by atoms with E-state index in [-0.39, 0.29) is 23.8 Å². The van der Waals surface area contributed by atoms with Crippen LogP contribution < -0.4 is 14.4 Å². The van der Waals surface area contributed by atoms with Crippen molar-refractivity contribution in [2.45, 2.75) is 37.8 Å². The van der Waals surface area contributed by atoms with Crippen LogP contribution in [-0.2, 0) is 32.6 Å². The molecule has 4 aromatic rings. The van der Waals surface area contributed by atoms with Crippen molar-refractivity contribution in [2.75, 3.05) is 24.5 Å². The summed E-state index contributed by atoms with van der Waals surface area (Å²) in [5, 5.41) is 2.69. The van der Waals surface area contributed by atoms with Gasteiger partial charge in [-0.25, -0.2) is 8.42 Å². The minimum Gasteiger partial charge on any atom is -0.494 e. The molecular formula is C34H36BrN3O5S. The third-order valence-corrected chi connectivity index (χ3v) is 9.36. The minimum atomic E-state index is -4.20. The van der Waals surface area contributed by atoms with Crippen LogP contribution >= 0.6 is 15.9 Å². The summed E-state index contributed by atoms with van der Waals surface area (Å²) in [4.78, 5) is 29.2. The molecule has 0 spiro atoms. The van der Waals surface area contributed by atoms with E-state index in [1.54, 1.807) is 36.4 Å². The highest BCUT2D eigenvalue weighted by molar-refractivity contribution is 9.10. The molecule has 1 N–H and O–H groups in total. The van der Waals surface area contributed by atoms with Gasteiger partial charge in [0.15, 0.2) is 0 Å². The van der Waals surface area contributed by atoms with Crippen molar-refractivity contribution < 1.29 is 22.7 Å². The Bertz CT molecular complexity index is 1660. The van der Waals surface area contributed by atoms with Crippen LogP contribution in [0.4, 0.5) is 5.69 Å². The maximum Gasteiger partial charge on any atom is 0.264 e. The van der Waals surface area contributed by atoms with Crippen LogP contribution in [0.1, 0.15) is 23.6 Å². The zero-order chi connectivity index (χ0) is 31.7. The zero-order valence-electron chi connectivity index (χ0n) is 24.9. The van der Waals surface area contributed by atoms with Crippen molar-refractivity contribution in [3.8, 4) is 5.75 Å². The monoisotopic (exact) mass is 677 g/mol. The average molecular weight is 679 g/mol. The van der Waals surface area contributed by atoms with Gasteiger partial charge in [-0.2, -0.15) is 0 Å². The number of nitrogens with zero attached hydrogens (tertiary/aromatic N) is 2.